The Hall–Kier alpha value is -2.85. The topological polar surface area (TPSA) is 108 Å². The molecule has 3 aromatic rings. The molecule has 0 aromatic carbocycles. The van der Waals surface area contributed by atoms with Gasteiger partial charge in [0.2, 0.25) is 0 Å². The summed E-state index contributed by atoms with van der Waals surface area (Å²) in [5.41, 5.74) is 0.653. The number of carbonyl (C=O) groups is 1. The zero-order chi connectivity index (χ0) is 20.3. The molecular formula is C19H19N5O3S2. The molecule has 0 unspecified atom stereocenters. The minimum Gasteiger partial charge on any atom is -0.356 e. The third kappa shape index (κ3) is 4.60. The number of pyridine rings is 2. The van der Waals surface area contributed by atoms with Crippen LogP contribution in [0.15, 0.2) is 69.9 Å². The smallest absolute Gasteiger partial charge is 0.270 e. The molecule has 1 aliphatic rings. The molecule has 8 nitrogen and oxygen atoms in total. The van der Waals surface area contributed by atoms with Gasteiger partial charge in [0.25, 0.3) is 15.9 Å². The molecular weight excluding hydrogens is 410 g/mol. The molecule has 0 saturated carbocycles. The fourth-order valence-corrected chi connectivity index (χ4v) is 4.82. The van der Waals surface area contributed by atoms with E-state index in [9.17, 15) is 13.2 Å². The number of amides is 1. The van der Waals surface area contributed by atoms with Crippen LogP contribution in [0.25, 0.3) is 0 Å². The van der Waals surface area contributed by atoms with Crippen LogP contribution in [0, 0.1) is 0 Å². The molecule has 10 heteroatoms. The number of anilines is 1. The number of rotatable bonds is 6. The molecule has 1 saturated heterocycles. The lowest BCUT2D eigenvalue weighted by Crippen LogP contribution is -2.27. The lowest BCUT2D eigenvalue weighted by atomic mass is 10.4. The number of likely N-dealkylation sites (tertiary alicyclic amines) is 1. The highest BCUT2D eigenvalue weighted by atomic mass is 32.2. The van der Waals surface area contributed by atoms with Crippen molar-refractivity contribution in [3.05, 3.63) is 60.7 Å². The molecule has 1 amide bonds. The van der Waals surface area contributed by atoms with Crippen LogP contribution in [0.2, 0.25) is 0 Å². The first-order valence-electron chi connectivity index (χ1n) is 9.07. The normalized spacial score (nSPS) is 14.1. The third-order valence-electron chi connectivity index (χ3n) is 4.42. The Kier molecular flexibility index (Phi) is 5.54. The van der Waals surface area contributed by atoms with Crippen molar-refractivity contribution in [1.82, 2.24) is 19.9 Å². The zero-order valence-corrected chi connectivity index (χ0v) is 17.0. The Balaban J connectivity index is 1.49. The van der Waals surface area contributed by atoms with Crippen molar-refractivity contribution in [1.29, 1.82) is 0 Å². The molecule has 0 aliphatic carbocycles. The molecule has 29 heavy (non-hydrogen) atoms. The number of hydrogen-bond acceptors (Lipinski definition) is 6. The van der Waals surface area contributed by atoms with Crippen molar-refractivity contribution >= 4 is 33.4 Å². The van der Waals surface area contributed by atoms with Crippen LogP contribution in [0.3, 0.4) is 0 Å². The van der Waals surface area contributed by atoms with Crippen LogP contribution in [-0.4, -0.2) is 47.3 Å². The molecule has 4 rings (SSSR count). The summed E-state index contributed by atoms with van der Waals surface area (Å²) in [6.07, 6.45) is 6.49. The van der Waals surface area contributed by atoms with E-state index in [1.54, 1.807) is 23.2 Å². The average molecular weight is 430 g/mol. The Morgan fingerprint density at radius 3 is 2.62 bits per heavy atom. The molecule has 0 spiro atoms. The summed E-state index contributed by atoms with van der Waals surface area (Å²) in [7, 11) is -3.84. The number of carbonyl (C=O) groups excluding carboxylic acids is 1. The van der Waals surface area contributed by atoms with Gasteiger partial charge in [-0.1, -0.05) is 17.8 Å². The third-order valence-corrected chi connectivity index (χ3v) is 6.67. The van der Waals surface area contributed by atoms with Crippen LogP contribution in [0.4, 0.5) is 5.69 Å². The van der Waals surface area contributed by atoms with E-state index in [0.29, 0.717) is 23.8 Å². The van der Waals surface area contributed by atoms with E-state index in [1.165, 1.54) is 30.2 Å². The summed E-state index contributed by atoms with van der Waals surface area (Å²) in [4.78, 5) is 25.4. The molecule has 1 fully saturated rings. The van der Waals surface area contributed by atoms with Crippen molar-refractivity contribution in [3.8, 4) is 0 Å². The van der Waals surface area contributed by atoms with E-state index in [0.717, 1.165) is 17.9 Å². The summed E-state index contributed by atoms with van der Waals surface area (Å²) in [6.45, 7) is 1.40. The van der Waals surface area contributed by atoms with E-state index in [2.05, 4.69) is 19.7 Å². The number of hydrogen-bond donors (Lipinski definition) is 2. The first-order chi connectivity index (χ1) is 14.0. The van der Waals surface area contributed by atoms with Crippen molar-refractivity contribution < 1.29 is 13.2 Å². The fraction of sp³-hybridized carbons (Fsp3) is 0.211. The SMILES string of the molecule is O=C(c1cc(S(=O)(=O)Nc2ccnc(Sc3ccccn3)c2)c[nH]1)N1CCCC1. The second-order valence-corrected chi connectivity index (χ2v) is 9.23. The van der Waals surface area contributed by atoms with Crippen molar-refractivity contribution in [2.75, 3.05) is 17.8 Å². The fourth-order valence-electron chi connectivity index (χ4n) is 3.00. The van der Waals surface area contributed by atoms with Gasteiger partial charge in [-0.15, -0.1) is 0 Å². The monoisotopic (exact) mass is 429 g/mol. The largest absolute Gasteiger partial charge is 0.356 e. The molecule has 4 heterocycles. The van der Waals surface area contributed by atoms with Crippen LogP contribution < -0.4 is 4.72 Å². The van der Waals surface area contributed by atoms with Crippen LogP contribution >= 0.6 is 11.8 Å². The lowest BCUT2D eigenvalue weighted by molar-refractivity contribution is 0.0787. The van der Waals surface area contributed by atoms with Gasteiger partial charge in [0, 0.05) is 31.7 Å². The molecule has 2 N–H and O–H groups in total. The van der Waals surface area contributed by atoms with Gasteiger partial charge in [0.05, 0.1) is 5.69 Å². The van der Waals surface area contributed by atoms with Crippen molar-refractivity contribution in [2.24, 2.45) is 0 Å². The summed E-state index contributed by atoms with van der Waals surface area (Å²) < 4.78 is 28.0. The number of nitrogens with one attached hydrogen (secondary N) is 2. The molecule has 150 valence electrons. The van der Waals surface area contributed by atoms with Crippen LogP contribution in [0.5, 0.6) is 0 Å². The van der Waals surface area contributed by atoms with Gasteiger partial charge in [0.15, 0.2) is 0 Å². The summed E-state index contributed by atoms with van der Waals surface area (Å²) in [6, 6.07) is 10.1. The average Bonchev–Trinajstić information content (AvgIpc) is 3.41. The Bertz CT molecular complexity index is 1110. The molecule has 3 aromatic heterocycles. The summed E-state index contributed by atoms with van der Waals surface area (Å²) in [5.74, 6) is -0.179. The second kappa shape index (κ2) is 8.26. The standard InChI is InChI=1S/C19H19N5O3S2/c25-19(24-9-3-4-10-24)16-12-15(13-22-16)29(26,27)23-14-6-8-21-18(11-14)28-17-5-1-2-7-20-17/h1-2,5-8,11-13,22H,3-4,9-10H2,(H,21,23). The van der Waals surface area contributed by atoms with Crippen molar-refractivity contribution in [2.45, 2.75) is 27.8 Å². The number of aromatic amines is 1. The second-order valence-electron chi connectivity index (χ2n) is 6.51. The predicted molar refractivity (Wildman–Crippen MR) is 109 cm³/mol. The van der Waals surface area contributed by atoms with Crippen LogP contribution in [-0.2, 0) is 10.0 Å². The molecule has 0 atom stereocenters. The maximum Gasteiger partial charge on any atom is 0.270 e. The van der Waals surface area contributed by atoms with E-state index in [4.69, 9.17) is 0 Å². The van der Waals surface area contributed by atoms with Gasteiger partial charge in [-0.2, -0.15) is 0 Å². The van der Waals surface area contributed by atoms with Gasteiger partial charge in [-0.3, -0.25) is 9.52 Å². The van der Waals surface area contributed by atoms with Crippen molar-refractivity contribution in [3.63, 3.8) is 0 Å². The first-order valence-corrected chi connectivity index (χ1v) is 11.4. The van der Waals surface area contributed by atoms with Gasteiger partial charge >= 0.3 is 0 Å². The highest BCUT2D eigenvalue weighted by Gasteiger charge is 2.23. The highest BCUT2D eigenvalue weighted by molar-refractivity contribution is 7.99. The maximum atomic E-state index is 12.7. The minimum atomic E-state index is -3.84. The summed E-state index contributed by atoms with van der Waals surface area (Å²) in [5, 5.41) is 1.37. The molecule has 0 radical (unpaired) electrons. The van der Waals surface area contributed by atoms with Crippen LogP contribution in [0.1, 0.15) is 23.3 Å². The maximum absolute atomic E-state index is 12.7. The van der Waals surface area contributed by atoms with E-state index in [-0.39, 0.29) is 16.5 Å². The van der Waals surface area contributed by atoms with E-state index >= 15 is 0 Å². The number of nitrogens with zero attached hydrogens (tertiary/aromatic N) is 3. The quantitative estimate of drug-likeness (QED) is 0.624. The Morgan fingerprint density at radius 2 is 1.86 bits per heavy atom. The van der Waals surface area contributed by atoms with Gasteiger partial charge in [-0.05, 0) is 43.2 Å². The van der Waals surface area contributed by atoms with E-state index in [1.807, 2.05) is 18.2 Å². The number of H-pyrrole nitrogens is 1. The lowest BCUT2D eigenvalue weighted by Gasteiger charge is -2.13. The number of aromatic nitrogens is 3. The molecule has 1 aliphatic heterocycles. The zero-order valence-electron chi connectivity index (χ0n) is 15.4. The van der Waals surface area contributed by atoms with Gasteiger partial charge < -0.3 is 9.88 Å². The molecule has 0 bridgehead atoms. The highest BCUT2D eigenvalue weighted by Crippen LogP contribution is 2.26. The van der Waals surface area contributed by atoms with E-state index < -0.39 is 10.0 Å². The predicted octanol–water partition coefficient (Wildman–Crippen LogP) is 2.99. The summed E-state index contributed by atoms with van der Waals surface area (Å²) >= 11 is 1.33. The Labute approximate surface area is 172 Å². The minimum absolute atomic E-state index is 0.00999. The Morgan fingerprint density at radius 1 is 1.07 bits per heavy atom. The first kappa shape index (κ1) is 19.5. The van der Waals surface area contributed by atoms with Gasteiger partial charge in [0.1, 0.15) is 20.6 Å². The van der Waals surface area contributed by atoms with Gasteiger partial charge in [-0.25, -0.2) is 18.4 Å². The number of sulfonamides is 1.